The van der Waals surface area contributed by atoms with Crippen molar-refractivity contribution in [2.75, 3.05) is 0 Å². The topological polar surface area (TPSA) is 30.0 Å². The Balaban J connectivity index is 2.29. The summed E-state index contributed by atoms with van der Waals surface area (Å²) in [4.78, 5) is 15.1. The summed E-state index contributed by atoms with van der Waals surface area (Å²) in [6, 6.07) is 0. The fraction of sp³-hybridized carbons (Fsp3) is 0.600. The molecule has 1 fully saturated rings. The lowest BCUT2D eigenvalue weighted by atomic mass is 9.88. The first-order chi connectivity index (χ1) is 7.31. The van der Waals surface area contributed by atoms with Gasteiger partial charge in [0.2, 0.25) is 0 Å². The molecule has 1 atom stereocenters. The van der Waals surface area contributed by atoms with Gasteiger partial charge in [-0.15, -0.1) is 11.3 Å². The van der Waals surface area contributed by atoms with Crippen molar-refractivity contribution in [3.63, 3.8) is 0 Å². The number of hydrogen-bond donors (Lipinski definition) is 0. The second kappa shape index (κ2) is 3.55. The fourth-order valence-electron chi connectivity index (χ4n) is 1.92. The first kappa shape index (κ1) is 11.6. The molecule has 2 rings (SSSR count). The van der Waals surface area contributed by atoms with E-state index in [1.807, 2.05) is 6.92 Å². The van der Waals surface area contributed by atoms with Gasteiger partial charge < -0.3 is 0 Å². The Morgan fingerprint density at radius 3 is 2.62 bits per heavy atom. The van der Waals surface area contributed by atoms with E-state index in [-0.39, 0.29) is 5.78 Å². The van der Waals surface area contributed by atoms with Crippen LogP contribution >= 0.6 is 11.3 Å². The van der Waals surface area contributed by atoms with Crippen LogP contribution < -0.4 is 0 Å². The van der Waals surface area contributed by atoms with Crippen LogP contribution in [0.4, 0.5) is 13.2 Å². The maximum atomic E-state index is 12.4. The smallest absolute Gasteiger partial charge is 0.300 e. The SMILES string of the molecule is CC1(c2cnc(C(F)(F)F)s2)CCC(=O)C1. The molecule has 1 aliphatic carbocycles. The number of alkyl halides is 3. The summed E-state index contributed by atoms with van der Waals surface area (Å²) in [5.74, 6) is 0.115. The Morgan fingerprint density at radius 2 is 2.19 bits per heavy atom. The molecule has 88 valence electrons. The number of aromatic nitrogens is 1. The van der Waals surface area contributed by atoms with Gasteiger partial charge in [0, 0.05) is 29.3 Å². The molecule has 1 heterocycles. The molecule has 0 radical (unpaired) electrons. The second-order valence-electron chi connectivity index (χ2n) is 4.30. The average Bonchev–Trinajstić information content (AvgIpc) is 2.71. The average molecular weight is 249 g/mol. The molecule has 1 unspecified atom stereocenters. The van der Waals surface area contributed by atoms with Crippen molar-refractivity contribution in [2.45, 2.75) is 37.8 Å². The van der Waals surface area contributed by atoms with Crippen LogP contribution in [-0.4, -0.2) is 10.8 Å². The van der Waals surface area contributed by atoms with E-state index < -0.39 is 16.6 Å². The molecule has 1 aromatic heterocycles. The van der Waals surface area contributed by atoms with E-state index in [0.717, 1.165) is 0 Å². The van der Waals surface area contributed by atoms with Gasteiger partial charge in [0.1, 0.15) is 5.78 Å². The molecule has 1 aliphatic rings. The van der Waals surface area contributed by atoms with E-state index >= 15 is 0 Å². The number of nitrogens with zero attached hydrogens (tertiary/aromatic N) is 1. The Bertz CT molecular complexity index is 426. The van der Waals surface area contributed by atoms with Crippen molar-refractivity contribution in [1.82, 2.24) is 4.98 Å². The van der Waals surface area contributed by atoms with Crippen molar-refractivity contribution < 1.29 is 18.0 Å². The van der Waals surface area contributed by atoms with Crippen LogP contribution in [0.5, 0.6) is 0 Å². The molecular weight excluding hydrogens is 239 g/mol. The third-order valence-corrected chi connectivity index (χ3v) is 4.23. The Kier molecular flexibility index (Phi) is 2.57. The molecule has 0 aliphatic heterocycles. The van der Waals surface area contributed by atoms with E-state index in [1.165, 1.54) is 6.20 Å². The molecule has 0 N–H and O–H groups in total. The molecule has 2 nitrogen and oxygen atoms in total. The second-order valence-corrected chi connectivity index (χ2v) is 5.33. The first-order valence-corrected chi connectivity index (χ1v) is 5.68. The van der Waals surface area contributed by atoms with Crippen molar-refractivity contribution in [3.05, 3.63) is 16.1 Å². The summed E-state index contributed by atoms with van der Waals surface area (Å²) in [7, 11) is 0. The number of halogens is 3. The third kappa shape index (κ3) is 1.98. The van der Waals surface area contributed by atoms with Gasteiger partial charge in [-0.3, -0.25) is 4.79 Å². The fourth-order valence-corrected chi connectivity index (χ4v) is 2.88. The molecule has 0 saturated heterocycles. The molecule has 6 heteroatoms. The third-order valence-electron chi connectivity index (χ3n) is 2.89. The molecule has 0 spiro atoms. The van der Waals surface area contributed by atoms with Crippen LogP contribution in [0, 0.1) is 0 Å². The largest absolute Gasteiger partial charge is 0.443 e. The van der Waals surface area contributed by atoms with Gasteiger partial charge in [-0.2, -0.15) is 13.2 Å². The van der Waals surface area contributed by atoms with E-state index in [1.54, 1.807) is 0 Å². The van der Waals surface area contributed by atoms with Gasteiger partial charge in [-0.25, -0.2) is 4.98 Å². The van der Waals surface area contributed by atoms with Gasteiger partial charge in [0.25, 0.3) is 0 Å². The summed E-state index contributed by atoms with van der Waals surface area (Å²) < 4.78 is 37.1. The number of Topliss-reactive ketones (excluding diaryl/α,β-unsaturated/α-hetero) is 1. The van der Waals surface area contributed by atoms with E-state index in [9.17, 15) is 18.0 Å². The Labute approximate surface area is 94.5 Å². The molecule has 1 saturated carbocycles. The van der Waals surface area contributed by atoms with Crippen LogP contribution in [0.1, 0.15) is 36.1 Å². The minimum absolute atomic E-state index is 0.115. The zero-order valence-electron chi connectivity index (χ0n) is 8.60. The van der Waals surface area contributed by atoms with Crippen molar-refractivity contribution in [2.24, 2.45) is 0 Å². The normalized spacial score (nSPS) is 26.4. The predicted octanol–water partition coefficient (Wildman–Crippen LogP) is 3.17. The van der Waals surface area contributed by atoms with E-state index in [4.69, 9.17) is 0 Å². The molecule has 16 heavy (non-hydrogen) atoms. The summed E-state index contributed by atoms with van der Waals surface area (Å²) in [6.07, 6.45) is -1.73. The number of carbonyl (C=O) groups excluding carboxylic acids is 1. The van der Waals surface area contributed by atoms with E-state index in [0.29, 0.717) is 35.5 Å². The highest BCUT2D eigenvalue weighted by Gasteiger charge is 2.40. The lowest BCUT2D eigenvalue weighted by Gasteiger charge is -2.19. The van der Waals surface area contributed by atoms with E-state index in [2.05, 4.69) is 4.98 Å². The number of ketones is 1. The summed E-state index contributed by atoms with van der Waals surface area (Å²) in [5, 5.41) is -0.830. The minimum Gasteiger partial charge on any atom is -0.300 e. The van der Waals surface area contributed by atoms with Crippen LogP contribution in [0.15, 0.2) is 6.20 Å². The lowest BCUT2D eigenvalue weighted by Crippen LogP contribution is -2.15. The number of carbonyl (C=O) groups is 1. The Morgan fingerprint density at radius 1 is 1.50 bits per heavy atom. The molecule has 0 amide bonds. The highest BCUT2D eigenvalue weighted by atomic mass is 32.1. The van der Waals surface area contributed by atoms with Gasteiger partial charge >= 0.3 is 6.18 Å². The van der Waals surface area contributed by atoms with Crippen LogP contribution in [-0.2, 0) is 16.4 Å². The lowest BCUT2D eigenvalue weighted by molar-refractivity contribution is -0.137. The highest BCUT2D eigenvalue weighted by molar-refractivity contribution is 7.11. The predicted molar refractivity (Wildman–Crippen MR) is 53.3 cm³/mol. The standard InChI is InChI=1S/C10H10F3NOS/c1-9(3-2-6(15)4-9)7-5-14-8(16-7)10(11,12)13/h5H,2-4H2,1H3. The van der Waals surface area contributed by atoms with Crippen molar-refractivity contribution in [3.8, 4) is 0 Å². The minimum atomic E-state index is -4.39. The summed E-state index contributed by atoms with van der Waals surface area (Å²) in [5.41, 5.74) is -0.446. The van der Waals surface area contributed by atoms with Crippen LogP contribution in [0.2, 0.25) is 0 Å². The molecular formula is C10H10F3NOS. The first-order valence-electron chi connectivity index (χ1n) is 4.86. The molecule has 0 bridgehead atoms. The Hall–Kier alpha value is -0.910. The summed E-state index contributed by atoms with van der Waals surface area (Å²) >= 11 is 0.650. The number of hydrogen-bond acceptors (Lipinski definition) is 3. The molecule has 0 aromatic carbocycles. The van der Waals surface area contributed by atoms with Crippen molar-refractivity contribution >= 4 is 17.1 Å². The maximum absolute atomic E-state index is 12.4. The zero-order chi connectivity index (χ0) is 12.0. The monoisotopic (exact) mass is 249 g/mol. The van der Waals surface area contributed by atoms with Crippen molar-refractivity contribution in [1.29, 1.82) is 0 Å². The highest BCUT2D eigenvalue weighted by Crippen LogP contribution is 2.43. The van der Waals surface area contributed by atoms with Gasteiger partial charge in [0.05, 0.1) is 0 Å². The van der Waals surface area contributed by atoms with Gasteiger partial charge in [0.15, 0.2) is 5.01 Å². The van der Waals surface area contributed by atoms with Crippen LogP contribution in [0.25, 0.3) is 0 Å². The molecule has 1 aromatic rings. The quantitative estimate of drug-likeness (QED) is 0.765. The number of rotatable bonds is 1. The number of thiazole rings is 1. The zero-order valence-corrected chi connectivity index (χ0v) is 9.41. The van der Waals surface area contributed by atoms with Crippen LogP contribution in [0.3, 0.4) is 0 Å². The maximum Gasteiger partial charge on any atom is 0.443 e. The van der Waals surface area contributed by atoms with Gasteiger partial charge in [-0.1, -0.05) is 6.92 Å². The van der Waals surface area contributed by atoms with Gasteiger partial charge in [-0.05, 0) is 6.42 Å². The summed E-state index contributed by atoms with van der Waals surface area (Å²) in [6.45, 7) is 1.82.